The van der Waals surface area contributed by atoms with Gasteiger partial charge in [-0.2, -0.15) is 4.31 Å². The van der Waals surface area contributed by atoms with Crippen molar-refractivity contribution in [3.63, 3.8) is 0 Å². The van der Waals surface area contributed by atoms with Gasteiger partial charge in [-0.05, 0) is 37.1 Å². The summed E-state index contributed by atoms with van der Waals surface area (Å²) in [6.07, 6.45) is -3.26. The SMILES string of the molecule is O=C(Nc1cccc(OC(F)(F)F)c1)[C@@H]1CCCCN1S(=O)(=O)c1ccccc1. The highest BCUT2D eigenvalue weighted by Crippen LogP contribution is 2.28. The third kappa shape index (κ3) is 5.27. The highest BCUT2D eigenvalue weighted by Gasteiger charge is 2.37. The molecule has 0 saturated carbocycles. The van der Waals surface area contributed by atoms with E-state index in [2.05, 4.69) is 10.1 Å². The van der Waals surface area contributed by atoms with Crippen LogP contribution in [0.5, 0.6) is 5.75 Å². The molecule has 1 N–H and O–H groups in total. The van der Waals surface area contributed by atoms with Crippen molar-refractivity contribution in [1.29, 1.82) is 0 Å². The number of sulfonamides is 1. The van der Waals surface area contributed by atoms with Crippen molar-refractivity contribution in [2.45, 2.75) is 36.6 Å². The minimum absolute atomic E-state index is 0.0828. The molecule has 0 unspecified atom stereocenters. The Morgan fingerprint density at radius 1 is 1.07 bits per heavy atom. The average Bonchev–Trinajstić information content (AvgIpc) is 2.67. The molecule has 1 atom stereocenters. The largest absolute Gasteiger partial charge is 0.573 e. The van der Waals surface area contributed by atoms with E-state index >= 15 is 0 Å². The number of carbonyl (C=O) groups is 1. The maximum Gasteiger partial charge on any atom is 0.573 e. The van der Waals surface area contributed by atoms with Crippen LogP contribution in [0.2, 0.25) is 0 Å². The van der Waals surface area contributed by atoms with E-state index in [0.29, 0.717) is 19.3 Å². The van der Waals surface area contributed by atoms with Crippen LogP contribution in [0, 0.1) is 0 Å². The normalized spacial score (nSPS) is 18.2. The number of hydrogen-bond donors (Lipinski definition) is 1. The van der Waals surface area contributed by atoms with Crippen LogP contribution in [0.25, 0.3) is 0 Å². The van der Waals surface area contributed by atoms with E-state index in [4.69, 9.17) is 0 Å². The molecule has 1 heterocycles. The van der Waals surface area contributed by atoms with Gasteiger partial charge in [-0.25, -0.2) is 8.42 Å². The monoisotopic (exact) mass is 428 g/mol. The fourth-order valence-corrected chi connectivity index (χ4v) is 4.86. The predicted molar refractivity (Wildman–Crippen MR) is 99.7 cm³/mol. The molecule has 2 aromatic carbocycles. The number of carbonyl (C=O) groups excluding carboxylic acids is 1. The number of piperidine rings is 1. The lowest BCUT2D eigenvalue weighted by Crippen LogP contribution is -2.49. The van der Waals surface area contributed by atoms with E-state index in [9.17, 15) is 26.4 Å². The zero-order valence-electron chi connectivity index (χ0n) is 15.2. The van der Waals surface area contributed by atoms with Crippen LogP contribution in [0.3, 0.4) is 0 Å². The summed E-state index contributed by atoms with van der Waals surface area (Å²) in [4.78, 5) is 12.9. The fraction of sp³-hybridized carbons (Fsp3) is 0.316. The van der Waals surface area contributed by atoms with Crippen molar-refractivity contribution < 1.29 is 31.1 Å². The molecule has 156 valence electrons. The number of amides is 1. The molecular formula is C19H19F3N2O4S. The lowest BCUT2D eigenvalue weighted by atomic mass is 10.0. The van der Waals surface area contributed by atoms with Gasteiger partial charge in [0.15, 0.2) is 0 Å². The number of nitrogens with zero attached hydrogens (tertiary/aromatic N) is 1. The number of alkyl halides is 3. The second-order valence-corrected chi connectivity index (χ2v) is 8.40. The van der Waals surface area contributed by atoms with Gasteiger partial charge in [0, 0.05) is 18.3 Å². The molecule has 1 fully saturated rings. The first kappa shape index (κ1) is 21.1. The summed E-state index contributed by atoms with van der Waals surface area (Å²) in [5, 5.41) is 2.50. The first-order valence-electron chi connectivity index (χ1n) is 8.90. The molecule has 0 spiro atoms. The highest BCUT2D eigenvalue weighted by atomic mass is 32.2. The third-order valence-corrected chi connectivity index (χ3v) is 6.36. The van der Waals surface area contributed by atoms with Crippen molar-refractivity contribution in [3.8, 4) is 5.75 Å². The quantitative estimate of drug-likeness (QED) is 0.787. The molecule has 0 aliphatic carbocycles. The van der Waals surface area contributed by atoms with Gasteiger partial charge in [-0.15, -0.1) is 13.2 Å². The Morgan fingerprint density at radius 3 is 2.48 bits per heavy atom. The van der Waals surface area contributed by atoms with Crippen molar-refractivity contribution >= 4 is 21.6 Å². The lowest BCUT2D eigenvalue weighted by molar-refractivity contribution is -0.274. The number of nitrogens with one attached hydrogen (secondary N) is 1. The summed E-state index contributed by atoms with van der Waals surface area (Å²) in [5.41, 5.74) is 0.0828. The molecule has 1 aliphatic rings. The van der Waals surface area contributed by atoms with Crippen LogP contribution in [-0.2, 0) is 14.8 Å². The van der Waals surface area contributed by atoms with E-state index in [1.54, 1.807) is 18.2 Å². The first-order chi connectivity index (χ1) is 13.7. The molecule has 10 heteroatoms. The Balaban J connectivity index is 1.79. The van der Waals surface area contributed by atoms with Crippen LogP contribution < -0.4 is 10.1 Å². The zero-order chi connectivity index (χ0) is 21.1. The maximum absolute atomic E-state index is 13.0. The standard InChI is InChI=1S/C19H19F3N2O4S/c20-19(21,22)28-15-8-6-7-14(13-15)23-18(25)17-11-4-5-12-24(17)29(26,27)16-9-2-1-3-10-16/h1-3,6-10,13,17H,4-5,11-12H2,(H,23,25)/t17-/m0/s1. The predicted octanol–water partition coefficient (Wildman–Crippen LogP) is 3.77. The Kier molecular flexibility index (Phi) is 6.13. The van der Waals surface area contributed by atoms with Crippen LogP contribution in [0.15, 0.2) is 59.5 Å². The highest BCUT2D eigenvalue weighted by molar-refractivity contribution is 7.89. The smallest absolute Gasteiger partial charge is 0.406 e. The minimum Gasteiger partial charge on any atom is -0.406 e. The van der Waals surface area contributed by atoms with E-state index in [1.165, 1.54) is 24.3 Å². The number of anilines is 1. The van der Waals surface area contributed by atoms with E-state index < -0.39 is 34.1 Å². The number of benzene rings is 2. The Labute approximate surface area is 166 Å². The van der Waals surface area contributed by atoms with Crippen LogP contribution >= 0.6 is 0 Å². The van der Waals surface area contributed by atoms with E-state index in [-0.39, 0.29) is 17.1 Å². The molecule has 6 nitrogen and oxygen atoms in total. The van der Waals surface area contributed by atoms with Gasteiger partial charge in [0.25, 0.3) is 0 Å². The van der Waals surface area contributed by atoms with Gasteiger partial charge in [-0.3, -0.25) is 4.79 Å². The molecule has 29 heavy (non-hydrogen) atoms. The van der Waals surface area contributed by atoms with Gasteiger partial charge in [0.05, 0.1) is 4.90 Å². The fourth-order valence-electron chi connectivity index (χ4n) is 3.18. The Morgan fingerprint density at radius 2 is 1.79 bits per heavy atom. The third-order valence-electron chi connectivity index (χ3n) is 4.44. The molecule has 3 rings (SSSR count). The zero-order valence-corrected chi connectivity index (χ0v) is 16.0. The summed E-state index contributed by atoms with van der Waals surface area (Å²) in [7, 11) is -3.88. The Bertz CT molecular complexity index is 965. The van der Waals surface area contributed by atoms with Crippen molar-refractivity contribution in [1.82, 2.24) is 4.31 Å². The van der Waals surface area contributed by atoms with Gasteiger partial charge < -0.3 is 10.1 Å². The molecule has 2 aromatic rings. The number of halogens is 3. The summed E-state index contributed by atoms with van der Waals surface area (Å²) in [6, 6.07) is 11.7. The molecular weight excluding hydrogens is 409 g/mol. The van der Waals surface area contributed by atoms with Crippen LogP contribution in [-0.4, -0.2) is 37.6 Å². The first-order valence-corrected chi connectivity index (χ1v) is 10.3. The Hall–Kier alpha value is -2.59. The summed E-state index contributed by atoms with van der Waals surface area (Å²) < 4.78 is 68.1. The van der Waals surface area contributed by atoms with Crippen molar-refractivity contribution in [2.75, 3.05) is 11.9 Å². The molecule has 1 amide bonds. The molecule has 0 bridgehead atoms. The molecule has 0 aromatic heterocycles. The van der Waals surface area contributed by atoms with Gasteiger partial charge >= 0.3 is 6.36 Å². The van der Waals surface area contributed by atoms with Gasteiger partial charge in [0.2, 0.25) is 15.9 Å². The average molecular weight is 428 g/mol. The second kappa shape index (κ2) is 8.42. The maximum atomic E-state index is 13.0. The number of ether oxygens (including phenoxy) is 1. The molecule has 1 aliphatic heterocycles. The minimum atomic E-state index is -4.85. The van der Waals surface area contributed by atoms with Crippen molar-refractivity contribution in [2.24, 2.45) is 0 Å². The number of hydrogen-bond acceptors (Lipinski definition) is 4. The van der Waals surface area contributed by atoms with Gasteiger partial charge in [-0.1, -0.05) is 30.7 Å². The molecule has 0 radical (unpaired) electrons. The van der Waals surface area contributed by atoms with Crippen LogP contribution in [0.4, 0.5) is 18.9 Å². The number of rotatable bonds is 5. The lowest BCUT2D eigenvalue weighted by Gasteiger charge is -2.33. The molecule has 1 saturated heterocycles. The van der Waals surface area contributed by atoms with Crippen LogP contribution in [0.1, 0.15) is 19.3 Å². The van der Waals surface area contributed by atoms with Gasteiger partial charge in [0.1, 0.15) is 11.8 Å². The summed E-state index contributed by atoms with van der Waals surface area (Å²) in [5.74, 6) is -1.08. The summed E-state index contributed by atoms with van der Waals surface area (Å²) in [6.45, 7) is 0.187. The van der Waals surface area contributed by atoms with Crippen molar-refractivity contribution in [3.05, 3.63) is 54.6 Å². The van der Waals surface area contributed by atoms with E-state index in [0.717, 1.165) is 16.4 Å². The topological polar surface area (TPSA) is 75.7 Å². The second-order valence-electron chi connectivity index (χ2n) is 6.51. The summed E-state index contributed by atoms with van der Waals surface area (Å²) >= 11 is 0. The van der Waals surface area contributed by atoms with E-state index in [1.807, 2.05) is 0 Å².